The van der Waals surface area contributed by atoms with Crippen LogP contribution in [0.15, 0.2) is 12.1 Å². The number of hydrogen-bond acceptors (Lipinski definition) is 5. The van der Waals surface area contributed by atoms with Crippen LogP contribution < -0.4 is 14.8 Å². The smallest absolute Gasteiger partial charge is 0.338 e. The van der Waals surface area contributed by atoms with Crippen LogP contribution in [0.1, 0.15) is 16.8 Å². The van der Waals surface area contributed by atoms with Crippen molar-refractivity contribution in [2.45, 2.75) is 6.42 Å². The van der Waals surface area contributed by atoms with Crippen molar-refractivity contribution in [2.24, 2.45) is 0 Å². The van der Waals surface area contributed by atoms with Crippen LogP contribution >= 0.6 is 11.6 Å². The Morgan fingerprint density at radius 3 is 2.85 bits per heavy atom. The number of likely N-dealkylation sites (N-methyl/N-ethyl adjacent to an activating group) is 1. The lowest BCUT2D eigenvalue weighted by Gasteiger charge is -2.11. The maximum Gasteiger partial charge on any atom is 0.338 e. The molecule has 20 heavy (non-hydrogen) atoms. The number of hydrogen-bond donors (Lipinski definition) is 1. The molecule has 6 nitrogen and oxygen atoms in total. The van der Waals surface area contributed by atoms with Crippen molar-refractivity contribution in [3.05, 3.63) is 22.7 Å². The Morgan fingerprint density at radius 1 is 1.35 bits per heavy atom. The molecule has 0 bridgehead atoms. The number of carbonyl (C=O) groups is 2. The fraction of sp³-hybridized carbons (Fsp3) is 0.385. The number of rotatable bonds is 3. The van der Waals surface area contributed by atoms with Crippen molar-refractivity contribution in [2.75, 3.05) is 26.9 Å². The van der Waals surface area contributed by atoms with Gasteiger partial charge in [0.2, 0.25) is 0 Å². The lowest BCUT2D eigenvalue weighted by molar-refractivity contribution is -0.123. The topological polar surface area (TPSA) is 73.9 Å². The number of amides is 1. The van der Waals surface area contributed by atoms with E-state index < -0.39 is 11.9 Å². The average molecular weight is 300 g/mol. The maximum absolute atomic E-state index is 11.8. The summed E-state index contributed by atoms with van der Waals surface area (Å²) in [7, 11) is 1.46. The molecule has 1 aliphatic rings. The van der Waals surface area contributed by atoms with Crippen LogP contribution in [0.4, 0.5) is 0 Å². The summed E-state index contributed by atoms with van der Waals surface area (Å²) < 4.78 is 15.8. The quantitative estimate of drug-likeness (QED) is 0.854. The Morgan fingerprint density at radius 2 is 2.10 bits per heavy atom. The minimum Gasteiger partial charge on any atom is -0.489 e. The molecule has 2 rings (SSSR count). The van der Waals surface area contributed by atoms with Crippen LogP contribution in [0.25, 0.3) is 0 Å². The van der Waals surface area contributed by atoms with Crippen LogP contribution in [0.3, 0.4) is 0 Å². The van der Waals surface area contributed by atoms with E-state index in [1.807, 2.05) is 0 Å². The van der Waals surface area contributed by atoms with Crippen molar-refractivity contribution in [3.63, 3.8) is 0 Å². The van der Waals surface area contributed by atoms with E-state index in [4.69, 9.17) is 25.8 Å². The van der Waals surface area contributed by atoms with Gasteiger partial charge in [0.15, 0.2) is 18.1 Å². The molecule has 0 unspecified atom stereocenters. The third-order valence-electron chi connectivity index (χ3n) is 2.65. The van der Waals surface area contributed by atoms with Gasteiger partial charge in [-0.15, -0.1) is 0 Å². The number of fused-ring (bicyclic) bond motifs is 1. The lowest BCUT2D eigenvalue weighted by Crippen LogP contribution is -2.25. The fourth-order valence-corrected chi connectivity index (χ4v) is 1.90. The van der Waals surface area contributed by atoms with Crippen molar-refractivity contribution in [1.82, 2.24) is 5.32 Å². The van der Waals surface area contributed by atoms with E-state index in [0.29, 0.717) is 24.7 Å². The number of ether oxygens (including phenoxy) is 3. The molecule has 108 valence electrons. The molecular formula is C13H14ClNO5. The Labute approximate surface area is 120 Å². The monoisotopic (exact) mass is 299 g/mol. The fourth-order valence-electron chi connectivity index (χ4n) is 1.64. The van der Waals surface area contributed by atoms with Gasteiger partial charge >= 0.3 is 5.97 Å². The molecule has 0 fully saturated rings. The molecule has 0 aliphatic carbocycles. The van der Waals surface area contributed by atoms with Crippen LogP contribution in [-0.2, 0) is 9.53 Å². The minimum atomic E-state index is -0.647. The number of halogens is 1. The zero-order valence-electron chi connectivity index (χ0n) is 10.9. The third kappa shape index (κ3) is 3.33. The largest absolute Gasteiger partial charge is 0.489 e. The highest BCUT2D eigenvalue weighted by Gasteiger charge is 2.19. The standard InChI is InChI=1S/C13H14ClNO5/c1-15-11(16)7-20-13(17)8-5-9(14)12-10(6-8)18-3-2-4-19-12/h5-6H,2-4,7H2,1H3,(H,15,16). The SMILES string of the molecule is CNC(=O)COC(=O)c1cc(Cl)c2c(c1)OCCCO2. The highest BCUT2D eigenvalue weighted by atomic mass is 35.5. The summed E-state index contributed by atoms with van der Waals surface area (Å²) in [6, 6.07) is 2.93. The molecule has 1 heterocycles. The van der Waals surface area contributed by atoms with E-state index in [-0.39, 0.29) is 17.2 Å². The van der Waals surface area contributed by atoms with Gasteiger partial charge in [-0.2, -0.15) is 0 Å². The van der Waals surface area contributed by atoms with Crippen molar-refractivity contribution >= 4 is 23.5 Å². The third-order valence-corrected chi connectivity index (χ3v) is 2.93. The van der Waals surface area contributed by atoms with E-state index in [1.165, 1.54) is 19.2 Å². The zero-order valence-corrected chi connectivity index (χ0v) is 11.7. The summed E-state index contributed by atoms with van der Waals surface area (Å²) in [4.78, 5) is 22.9. The van der Waals surface area contributed by atoms with Gasteiger partial charge in [0.1, 0.15) is 0 Å². The van der Waals surface area contributed by atoms with E-state index in [0.717, 1.165) is 6.42 Å². The summed E-state index contributed by atoms with van der Waals surface area (Å²) in [6.45, 7) is 0.647. The summed E-state index contributed by atoms with van der Waals surface area (Å²) in [5.74, 6) is -0.209. The van der Waals surface area contributed by atoms with Gasteiger partial charge < -0.3 is 19.5 Å². The predicted molar refractivity (Wildman–Crippen MR) is 71.4 cm³/mol. The number of nitrogens with one attached hydrogen (secondary N) is 1. The molecule has 0 radical (unpaired) electrons. The van der Waals surface area contributed by atoms with Crippen LogP contribution in [0.2, 0.25) is 5.02 Å². The molecule has 0 saturated carbocycles. The minimum absolute atomic E-state index is 0.211. The molecule has 1 aromatic carbocycles. The van der Waals surface area contributed by atoms with E-state index in [1.54, 1.807) is 0 Å². The normalized spacial score (nSPS) is 13.3. The summed E-state index contributed by atoms with van der Waals surface area (Å²) in [6.07, 6.45) is 0.738. The van der Waals surface area contributed by atoms with Crippen LogP contribution in [-0.4, -0.2) is 38.7 Å². The molecule has 0 saturated heterocycles. The van der Waals surface area contributed by atoms with Gasteiger partial charge in [-0.05, 0) is 12.1 Å². The zero-order chi connectivity index (χ0) is 14.5. The molecule has 7 heteroatoms. The first kappa shape index (κ1) is 14.5. The van der Waals surface area contributed by atoms with E-state index in [9.17, 15) is 9.59 Å². The van der Waals surface area contributed by atoms with Gasteiger partial charge in [0, 0.05) is 13.5 Å². The first-order chi connectivity index (χ1) is 9.61. The molecule has 1 aliphatic heterocycles. The highest BCUT2D eigenvalue weighted by molar-refractivity contribution is 6.32. The van der Waals surface area contributed by atoms with Crippen LogP contribution in [0, 0.1) is 0 Å². The van der Waals surface area contributed by atoms with Gasteiger partial charge in [-0.1, -0.05) is 11.6 Å². The Hall–Kier alpha value is -1.95. The molecule has 1 aromatic rings. The Balaban J connectivity index is 2.16. The number of benzene rings is 1. The highest BCUT2D eigenvalue weighted by Crippen LogP contribution is 2.38. The van der Waals surface area contributed by atoms with Gasteiger partial charge in [-0.3, -0.25) is 4.79 Å². The van der Waals surface area contributed by atoms with Crippen molar-refractivity contribution in [1.29, 1.82) is 0 Å². The van der Waals surface area contributed by atoms with Crippen molar-refractivity contribution < 1.29 is 23.8 Å². The second kappa shape index (κ2) is 6.47. The van der Waals surface area contributed by atoms with Gasteiger partial charge in [-0.25, -0.2) is 4.79 Å². The number of esters is 1. The Kier molecular flexibility index (Phi) is 4.68. The van der Waals surface area contributed by atoms with Crippen molar-refractivity contribution in [3.8, 4) is 11.5 Å². The molecule has 1 amide bonds. The molecular weight excluding hydrogens is 286 g/mol. The predicted octanol–water partition coefficient (Wildman–Crippen LogP) is 1.40. The summed E-state index contributed by atoms with van der Waals surface area (Å²) >= 11 is 6.06. The summed E-state index contributed by atoms with van der Waals surface area (Å²) in [5.41, 5.74) is 0.211. The summed E-state index contributed by atoms with van der Waals surface area (Å²) in [5, 5.41) is 2.63. The first-order valence-electron chi connectivity index (χ1n) is 6.08. The van der Waals surface area contributed by atoms with E-state index >= 15 is 0 Å². The molecule has 0 aromatic heterocycles. The molecule has 1 N–H and O–H groups in total. The second-order valence-corrected chi connectivity index (χ2v) is 4.49. The van der Waals surface area contributed by atoms with Gasteiger partial charge in [0.25, 0.3) is 5.91 Å². The molecule has 0 spiro atoms. The van der Waals surface area contributed by atoms with Gasteiger partial charge in [0.05, 0.1) is 23.8 Å². The van der Waals surface area contributed by atoms with Crippen LogP contribution in [0.5, 0.6) is 11.5 Å². The first-order valence-corrected chi connectivity index (χ1v) is 6.46. The lowest BCUT2D eigenvalue weighted by atomic mass is 10.2. The number of carbonyl (C=O) groups excluding carboxylic acids is 2. The second-order valence-electron chi connectivity index (χ2n) is 4.09. The Bertz CT molecular complexity index is 532. The molecule has 0 atom stereocenters. The average Bonchev–Trinajstić information content (AvgIpc) is 2.69. The maximum atomic E-state index is 11.8. The van der Waals surface area contributed by atoms with E-state index in [2.05, 4.69) is 5.32 Å².